The van der Waals surface area contributed by atoms with Crippen molar-refractivity contribution in [1.29, 1.82) is 0 Å². The molecule has 1 atom stereocenters. The van der Waals surface area contributed by atoms with Crippen LogP contribution in [0.15, 0.2) is 12.1 Å². The molecule has 1 rings (SSSR count). The van der Waals surface area contributed by atoms with Gasteiger partial charge in [0.2, 0.25) is 0 Å². The van der Waals surface area contributed by atoms with E-state index in [1.54, 1.807) is 0 Å². The zero-order chi connectivity index (χ0) is 11.6. The monoisotopic (exact) mass is 251 g/mol. The summed E-state index contributed by atoms with van der Waals surface area (Å²) >= 11 is 0. The minimum absolute atomic E-state index is 0. The van der Waals surface area contributed by atoms with Crippen LogP contribution in [0.3, 0.4) is 0 Å². The fourth-order valence-electron chi connectivity index (χ4n) is 1.54. The molecule has 1 aromatic carbocycles. The van der Waals surface area contributed by atoms with E-state index in [1.807, 2.05) is 13.8 Å². The number of halogens is 3. The molecule has 1 aromatic rings. The zero-order valence-corrected chi connectivity index (χ0v) is 10.0. The lowest BCUT2D eigenvalue weighted by Crippen LogP contribution is -2.15. The van der Waals surface area contributed by atoms with Crippen LogP contribution in [0.1, 0.15) is 31.9 Å². The lowest BCUT2D eigenvalue weighted by molar-refractivity contribution is 0.399. The number of aromatic hydroxyl groups is 1. The molecule has 0 fully saturated rings. The van der Waals surface area contributed by atoms with E-state index < -0.39 is 23.4 Å². The zero-order valence-electron chi connectivity index (χ0n) is 9.21. The smallest absolute Gasteiger partial charge is 0.165 e. The molecule has 0 bridgehead atoms. The number of nitrogens with two attached hydrogens (primary N) is 1. The van der Waals surface area contributed by atoms with Gasteiger partial charge >= 0.3 is 0 Å². The Kier molecular flexibility index (Phi) is 5.68. The third kappa shape index (κ3) is 3.32. The predicted octanol–water partition coefficient (Wildman–Crippen LogP) is 3.14. The molecule has 0 aromatic heterocycles. The molecule has 0 saturated carbocycles. The second-order valence-electron chi connectivity index (χ2n) is 4.03. The van der Waals surface area contributed by atoms with Crippen molar-refractivity contribution in [1.82, 2.24) is 0 Å². The fourth-order valence-corrected chi connectivity index (χ4v) is 1.54. The van der Waals surface area contributed by atoms with Gasteiger partial charge in [-0.1, -0.05) is 13.8 Å². The lowest BCUT2D eigenvalue weighted by atomic mass is 9.96. The number of hydrogen-bond donors (Lipinski definition) is 2. The topological polar surface area (TPSA) is 46.2 Å². The number of phenolic OH excluding ortho intramolecular Hbond substituents is 1. The van der Waals surface area contributed by atoms with Gasteiger partial charge in [0.1, 0.15) is 5.82 Å². The van der Waals surface area contributed by atoms with Gasteiger partial charge < -0.3 is 10.8 Å². The highest BCUT2D eigenvalue weighted by Gasteiger charge is 2.19. The van der Waals surface area contributed by atoms with Gasteiger partial charge in [0.25, 0.3) is 0 Å². The van der Waals surface area contributed by atoms with Gasteiger partial charge in [-0.15, -0.1) is 12.4 Å². The first kappa shape index (κ1) is 15.1. The van der Waals surface area contributed by atoms with Gasteiger partial charge in [-0.25, -0.2) is 8.78 Å². The Labute approximate surface area is 99.9 Å². The average Bonchev–Trinajstić information content (AvgIpc) is 2.11. The van der Waals surface area contributed by atoms with Gasteiger partial charge in [0, 0.05) is 11.6 Å². The average molecular weight is 252 g/mol. The maximum atomic E-state index is 13.3. The number of hydrogen-bond acceptors (Lipinski definition) is 2. The summed E-state index contributed by atoms with van der Waals surface area (Å²) in [4.78, 5) is 0. The third-order valence-electron chi connectivity index (χ3n) is 2.21. The SMILES string of the molecule is CC(C)C[C@@H](N)c1c(F)ccc(F)c1O.Cl. The van der Waals surface area contributed by atoms with Crippen molar-refractivity contribution in [3.63, 3.8) is 0 Å². The molecule has 0 aliphatic heterocycles. The Balaban J connectivity index is 0.00000225. The maximum Gasteiger partial charge on any atom is 0.165 e. The van der Waals surface area contributed by atoms with Gasteiger partial charge in [0.15, 0.2) is 11.6 Å². The molecule has 92 valence electrons. The summed E-state index contributed by atoms with van der Waals surface area (Å²) < 4.78 is 26.3. The highest BCUT2D eigenvalue weighted by molar-refractivity contribution is 5.85. The Morgan fingerprint density at radius 2 is 1.75 bits per heavy atom. The van der Waals surface area contributed by atoms with Crippen molar-refractivity contribution in [2.75, 3.05) is 0 Å². The molecule has 0 heterocycles. The van der Waals surface area contributed by atoms with Crippen LogP contribution in [0.2, 0.25) is 0 Å². The van der Waals surface area contributed by atoms with Crippen LogP contribution in [0.4, 0.5) is 8.78 Å². The molecule has 3 N–H and O–H groups in total. The summed E-state index contributed by atoms with van der Waals surface area (Å²) in [5, 5.41) is 9.37. The van der Waals surface area contributed by atoms with E-state index in [0.29, 0.717) is 6.42 Å². The first-order chi connectivity index (χ1) is 6.93. The molecule has 16 heavy (non-hydrogen) atoms. The molecule has 2 nitrogen and oxygen atoms in total. The van der Waals surface area contributed by atoms with Crippen LogP contribution in [-0.2, 0) is 0 Å². The van der Waals surface area contributed by atoms with Crippen molar-refractivity contribution < 1.29 is 13.9 Å². The first-order valence-electron chi connectivity index (χ1n) is 4.86. The molecule has 0 amide bonds. The number of phenols is 1. The summed E-state index contributed by atoms with van der Waals surface area (Å²) in [6.45, 7) is 3.85. The van der Waals surface area contributed by atoms with E-state index in [1.165, 1.54) is 0 Å². The van der Waals surface area contributed by atoms with Crippen molar-refractivity contribution >= 4 is 12.4 Å². The lowest BCUT2D eigenvalue weighted by Gasteiger charge is -2.16. The number of rotatable bonds is 3. The van der Waals surface area contributed by atoms with Crippen LogP contribution in [0, 0.1) is 17.6 Å². The van der Waals surface area contributed by atoms with Crippen molar-refractivity contribution in [3.8, 4) is 5.75 Å². The Morgan fingerprint density at radius 3 is 2.25 bits per heavy atom. The van der Waals surface area contributed by atoms with E-state index in [4.69, 9.17) is 5.73 Å². The van der Waals surface area contributed by atoms with Crippen LogP contribution in [0.25, 0.3) is 0 Å². The normalized spacial score (nSPS) is 12.4. The second-order valence-corrected chi connectivity index (χ2v) is 4.03. The quantitative estimate of drug-likeness (QED) is 0.867. The summed E-state index contributed by atoms with van der Waals surface area (Å²) in [7, 11) is 0. The Bertz CT molecular complexity index is 358. The van der Waals surface area contributed by atoms with Crippen LogP contribution >= 0.6 is 12.4 Å². The van der Waals surface area contributed by atoms with Gasteiger partial charge in [-0.3, -0.25) is 0 Å². The third-order valence-corrected chi connectivity index (χ3v) is 2.21. The highest BCUT2D eigenvalue weighted by Crippen LogP contribution is 2.31. The molecular formula is C11H16ClF2NO. The van der Waals surface area contributed by atoms with Crippen molar-refractivity contribution in [2.45, 2.75) is 26.3 Å². The van der Waals surface area contributed by atoms with E-state index in [2.05, 4.69) is 0 Å². The summed E-state index contributed by atoms with van der Waals surface area (Å²) in [5.74, 6) is -1.93. The van der Waals surface area contributed by atoms with E-state index in [9.17, 15) is 13.9 Å². The largest absolute Gasteiger partial charge is 0.505 e. The predicted molar refractivity (Wildman–Crippen MR) is 61.7 cm³/mol. The van der Waals surface area contributed by atoms with Gasteiger partial charge in [0.05, 0.1) is 0 Å². The summed E-state index contributed by atoms with van der Waals surface area (Å²) in [6.07, 6.45) is 0.494. The molecule has 0 spiro atoms. The molecule has 0 aliphatic carbocycles. The minimum atomic E-state index is -0.842. The molecule has 0 unspecified atom stereocenters. The van der Waals surface area contributed by atoms with Gasteiger partial charge in [-0.05, 0) is 24.5 Å². The van der Waals surface area contributed by atoms with Crippen LogP contribution in [0.5, 0.6) is 5.75 Å². The van der Waals surface area contributed by atoms with E-state index in [0.717, 1.165) is 12.1 Å². The molecule has 0 aliphatic rings. The molecule has 0 radical (unpaired) electrons. The molecule has 0 saturated heterocycles. The van der Waals surface area contributed by atoms with E-state index in [-0.39, 0.29) is 23.9 Å². The number of benzene rings is 1. The second kappa shape index (κ2) is 6.01. The first-order valence-corrected chi connectivity index (χ1v) is 4.86. The van der Waals surface area contributed by atoms with Gasteiger partial charge in [-0.2, -0.15) is 0 Å². The molecule has 5 heteroatoms. The maximum absolute atomic E-state index is 13.3. The Morgan fingerprint density at radius 1 is 1.25 bits per heavy atom. The Hall–Kier alpha value is -0.870. The summed E-state index contributed by atoms with van der Waals surface area (Å²) in [6, 6.07) is 1.18. The van der Waals surface area contributed by atoms with E-state index >= 15 is 0 Å². The van der Waals surface area contributed by atoms with Crippen LogP contribution < -0.4 is 5.73 Å². The summed E-state index contributed by atoms with van der Waals surface area (Å²) in [5.41, 5.74) is 5.56. The van der Waals surface area contributed by atoms with Crippen molar-refractivity contribution in [2.24, 2.45) is 11.7 Å². The highest BCUT2D eigenvalue weighted by atomic mass is 35.5. The minimum Gasteiger partial charge on any atom is -0.505 e. The van der Waals surface area contributed by atoms with Crippen LogP contribution in [-0.4, -0.2) is 5.11 Å². The standard InChI is InChI=1S/C11H15F2NO.ClH/c1-6(2)5-9(14)10-7(12)3-4-8(13)11(10)15;/h3-4,6,9,15H,5,14H2,1-2H3;1H/t9-;/m1./s1. The van der Waals surface area contributed by atoms with Crippen molar-refractivity contribution in [3.05, 3.63) is 29.3 Å². The fraction of sp³-hybridized carbons (Fsp3) is 0.455. The molecular weight excluding hydrogens is 236 g/mol.